The molecule has 0 aliphatic heterocycles. The number of nitrogens with two attached hydrogens (primary N) is 1. The number of anilines is 1. The van der Waals surface area contributed by atoms with E-state index in [-0.39, 0.29) is 10.6 Å². The molecule has 2 rings (SSSR count). The van der Waals surface area contributed by atoms with Crippen LogP contribution in [0.4, 0.5) is 5.69 Å². The molecule has 0 aliphatic rings. The molecule has 118 valence electrons. The van der Waals surface area contributed by atoms with Crippen molar-refractivity contribution in [2.45, 2.75) is 6.10 Å². The fourth-order valence-electron chi connectivity index (χ4n) is 1.91. The van der Waals surface area contributed by atoms with Crippen LogP contribution in [-0.4, -0.2) is 43.8 Å². The van der Waals surface area contributed by atoms with Gasteiger partial charge in [0, 0.05) is 23.3 Å². The predicted octanol–water partition coefficient (Wildman–Crippen LogP) is 0.0477. The van der Waals surface area contributed by atoms with Crippen molar-refractivity contribution < 1.29 is 15.0 Å². The van der Waals surface area contributed by atoms with Crippen molar-refractivity contribution in [2.75, 3.05) is 11.9 Å². The summed E-state index contributed by atoms with van der Waals surface area (Å²) in [5.74, 6) is -0.758. The molecule has 0 saturated carbocycles. The third kappa shape index (κ3) is 3.51. The SMILES string of the molecule is N#C/C(=C/c1c[nH]c2nccc(NC(=O)C(O)CO)c12)C(N)=S. The van der Waals surface area contributed by atoms with Crippen molar-refractivity contribution in [3.63, 3.8) is 0 Å². The molecular weight excluding hydrogens is 318 g/mol. The van der Waals surface area contributed by atoms with Gasteiger partial charge >= 0.3 is 0 Å². The zero-order valence-corrected chi connectivity index (χ0v) is 12.6. The van der Waals surface area contributed by atoms with Gasteiger partial charge in [0.1, 0.15) is 16.7 Å². The third-order valence-electron chi connectivity index (χ3n) is 3.02. The molecular formula is C14H13N5O3S. The summed E-state index contributed by atoms with van der Waals surface area (Å²) in [5, 5.41) is 30.2. The Labute approximate surface area is 136 Å². The fraction of sp³-hybridized carbons (Fsp3) is 0.143. The number of carbonyl (C=O) groups excluding carboxylic acids is 1. The van der Waals surface area contributed by atoms with E-state index < -0.39 is 18.6 Å². The van der Waals surface area contributed by atoms with E-state index in [9.17, 15) is 9.90 Å². The molecule has 0 bridgehead atoms. The molecule has 2 aromatic heterocycles. The van der Waals surface area contributed by atoms with Crippen molar-refractivity contribution in [2.24, 2.45) is 5.73 Å². The topological polar surface area (TPSA) is 148 Å². The first-order valence-corrected chi connectivity index (χ1v) is 6.86. The largest absolute Gasteiger partial charge is 0.393 e. The van der Waals surface area contributed by atoms with Crippen molar-refractivity contribution in [3.05, 3.63) is 29.6 Å². The van der Waals surface area contributed by atoms with Gasteiger partial charge in [0.05, 0.1) is 17.9 Å². The number of thiocarbonyl (C=S) groups is 1. The quantitative estimate of drug-likeness (QED) is 0.295. The minimum absolute atomic E-state index is 0.0490. The van der Waals surface area contributed by atoms with E-state index in [1.807, 2.05) is 6.07 Å². The van der Waals surface area contributed by atoms with Gasteiger partial charge in [-0.1, -0.05) is 12.2 Å². The van der Waals surface area contributed by atoms with Gasteiger partial charge in [0.25, 0.3) is 5.91 Å². The number of hydrogen-bond acceptors (Lipinski definition) is 6. The first-order chi connectivity index (χ1) is 11.0. The Balaban J connectivity index is 2.52. The number of H-pyrrole nitrogens is 1. The lowest BCUT2D eigenvalue weighted by molar-refractivity contribution is -0.125. The number of aromatic amines is 1. The summed E-state index contributed by atoms with van der Waals surface area (Å²) in [5.41, 5.74) is 6.95. The summed E-state index contributed by atoms with van der Waals surface area (Å²) < 4.78 is 0. The zero-order chi connectivity index (χ0) is 17.0. The Bertz CT molecular complexity index is 837. The fourth-order valence-corrected chi connectivity index (χ4v) is 2.02. The van der Waals surface area contributed by atoms with Gasteiger partial charge in [-0.2, -0.15) is 5.26 Å². The number of amides is 1. The number of nitrogens with zero attached hydrogens (tertiary/aromatic N) is 2. The van der Waals surface area contributed by atoms with Crippen LogP contribution in [0.1, 0.15) is 5.56 Å². The van der Waals surface area contributed by atoms with Crippen molar-refractivity contribution in [3.8, 4) is 6.07 Å². The maximum atomic E-state index is 11.7. The zero-order valence-electron chi connectivity index (χ0n) is 11.8. The molecule has 23 heavy (non-hydrogen) atoms. The standard InChI is InChI=1S/C14H13N5O3S/c15-4-7(12(16)23)3-8-5-18-13-11(8)9(1-2-17-13)19-14(22)10(21)6-20/h1-3,5,10,20-21H,6H2,(H2,16,23)(H2,17,18,19,22)/b7-3-. The van der Waals surface area contributed by atoms with E-state index in [1.54, 1.807) is 6.20 Å². The highest BCUT2D eigenvalue weighted by Crippen LogP contribution is 2.27. The second-order valence-corrected chi connectivity index (χ2v) is 4.99. The summed E-state index contributed by atoms with van der Waals surface area (Å²) in [7, 11) is 0. The summed E-state index contributed by atoms with van der Waals surface area (Å²) in [6, 6.07) is 3.42. The van der Waals surface area contributed by atoms with E-state index >= 15 is 0 Å². The highest BCUT2D eigenvalue weighted by molar-refractivity contribution is 7.80. The molecule has 0 aliphatic carbocycles. The van der Waals surface area contributed by atoms with E-state index in [2.05, 4.69) is 15.3 Å². The Hall–Kier alpha value is -2.80. The number of aromatic nitrogens is 2. The van der Waals surface area contributed by atoms with Crippen LogP contribution in [0.15, 0.2) is 24.0 Å². The maximum Gasteiger partial charge on any atom is 0.255 e. The highest BCUT2D eigenvalue weighted by atomic mass is 32.1. The molecule has 8 nitrogen and oxygen atoms in total. The molecule has 0 radical (unpaired) electrons. The Kier molecular flexibility index (Phi) is 5.02. The molecule has 0 aromatic carbocycles. The number of hydrogen-bond donors (Lipinski definition) is 5. The molecule has 9 heteroatoms. The van der Waals surface area contributed by atoms with Crippen LogP contribution in [0.25, 0.3) is 17.1 Å². The number of carbonyl (C=O) groups is 1. The lowest BCUT2D eigenvalue weighted by Gasteiger charge is -2.10. The number of aliphatic hydroxyl groups is 2. The van der Waals surface area contributed by atoms with Crippen LogP contribution in [0.5, 0.6) is 0 Å². The molecule has 1 atom stereocenters. The average molecular weight is 331 g/mol. The monoisotopic (exact) mass is 331 g/mol. The number of aliphatic hydroxyl groups excluding tert-OH is 2. The van der Waals surface area contributed by atoms with Gasteiger partial charge < -0.3 is 26.2 Å². The molecule has 0 spiro atoms. The smallest absolute Gasteiger partial charge is 0.255 e. The van der Waals surface area contributed by atoms with Crippen LogP contribution >= 0.6 is 12.2 Å². The van der Waals surface area contributed by atoms with Gasteiger partial charge in [-0.3, -0.25) is 4.79 Å². The summed E-state index contributed by atoms with van der Waals surface area (Å²) in [4.78, 5) is 18.7. The van der Waals surface area contributed by atoms with Crippen LogP contribution in [0.2, 0.25) is 0 Å². The second kappa shape index (κ2) is 6.97. The van der Waals surface area contributed by atoms with Crippen molar-refractivity contribution >= 4 is 45.9 Å². The lowest BCUT2D eigenvalue weighted by atomic mass is 10.1. The average Bonchev–Trinajstić information content (AvgIpc) is 2.95. The minimum atomic E-state index is -1.54. The minimum Gasteiger partial charge on any atom is -0.393 e. The number of rotatable bonds is 5. The van der Waals surface area contributed by atoms with E-state index in [1.165, 1.54) is 18.3 Å². The second-order valence-electron chi connectivity index (χ2n) is 4.55. The molecule has 6 N–H and O–H groups in total. The van der Waals surface area contributed by atoms with E-state index in [4.69, 9.17) is 28.3 Å². The first-order valence-electron chi connectivity index (χ1n) is 6.45. The van der Waals surface area contributed by atoms with Gasteiger partial charge in [0.2, 0.25) is 0 Å². The molecule has 0 saturated heterocycles. The molecule has 2 heterocycles. The molecule has 1 unspecified atom stereocenters. The Morgan fingerprint density at radius 2 is 2.39 bits per heavy atom. The molecule has 2 aromatic rings. The number of nitrogens with one attached hydrogen (secondary N) is 2. The number of pyridine rings is 1. The van der Waals surface area contributed by atoms with Crippen LogP contribution in [-0.2, 0) is 4.79 Å². The third-order valence-corrected chi connectivity index (χ3v) is 3.24. The predicted molar refractivity (Wildman–Crippen MR) is 88.2 cm³/mol. The van der Waals surface area contributed by atoms with Crippen LogP contribution < -0.4 is 11.1 Å². The first kappa shape index (κ1) is 16.6. The Morgan fingerprint density at radius 1 is 1.65 bits per heavy atom. The van der Waals surface area contributed by atoms with Crippen molar-refractivity contribution in [1.29, 1.82) is 5.26 Å². The molecule has 1 amide bonds. The van der Waals surface area contributed by atoms with E-state index in [0.717, 1.165) is 0 Å². The van der Waals surface area contributed by atoms with Crippen LogP contribution in [0.3, 0.4) is 0 Å². The normalized spacial score (nSPS) is 12.7. The summed E-state index contributed by atoms with van der Waals surface area (Å²) in [6.07, 6.45) is 2.99. The van der Waals surface area contributed by atoms with E-state index in [0.29, 0.717) is 22.3 Å². The van der Waals surface area contributed by atoms with Gasteiger partial charge in [-0.15, -0.1) is 0 Å². The number of nitriles is 1. The van der Waals surface area contributed by atoms with Crippen molar-refractivity contribution in [1.82, 2.24) is 9.97 Å². The maximum absolute atomic E-state index is 11.7. The summed E-state index contributed by atoms with van der Waals surface area (Å²) >= 11 is 4.80. The van der Waals surface area contributed by atoms with Gasteiger partial charge in [-0.25, -0.2) is 4.98 Å². The van der Waals surface area contributed by atoms with Crippen LogP contribution in [0, 0.1) is 11.3 Å². The number of fused-ring (bicyclic) bond motifs is 1. The molecule has 0 fully saturated rings. The van der Waals surface area contributed by atoms with Gasteiger partial charge in [0.15, 0.2) is 6.10 Å². The lowest BCUT2D eigenvalue weighted by Crippen LogP contribution is -2.30. The highest BCUT2D eigenvalue weighted by Gasteiger charge is 2.17. The van der Waals surface area contributed by atoms with Gasteiger partial charge in [-0.05, 0) is 12.1 Å². The Morgan fingerprint density at radius 3 is 3.00 bits per heavy atom. The summed E-state index contributed by atoms with van der Waals surface area (Å²) in [6.45, 7) is -0.694.